The van der Waals surface area contributed by atoms with E-state index in [-0.39, 0.29) is 16.6 Å². The van der Waals surface area contributed by atoms with Gasteiger partial charge in [0.15, 0.2) is 5.78 Å². The van der Waals surface area contributed by atoms with Crippen molar-refractivity contribution in [3.63, 3.8) is 0 Å². The van der Waals surface area contributed by atoms with Gasteiger partial charge in [-0.3, -0.25) is 4.79 Å². The molecule has 5 nitrogen and oxygen atoms in total. The minimum absolute atomic E-state index is 0.0520. The maximum atomic E-state index is 12.7. The zero-order valence-electron chi connectivity index (χ0n) is 14.4. The van der Waals surface area contributed by atoms with Gasteiger partial charge in [-0.25, -0.2) is 8.42 Å². The van der Waals surface area contributed by atoms with Gasteiger partial charge in [-0.2, -0.15) is 4.31 Å². The molecule has 0 bridgehead atoms. The van der Waals surface area contributed by atoms with Crippen LogP contribution in [0, 0.1) is 5.92 Å². The Morgan fingerprint density at radius 3 is 2.15 bits per heavy atom. The van der Waals surface area contributed by atoms with Crippen LogP contribution >= 0.6 is 11.6 Å². The van der Waals surface area contributed by atoms with E-state index in [1.54, 1.807) is 43.5 Å². The molecule has 0 radical (unpaired) electrons. The molecule has 1 saturated heterocycles. The predicted octanol–water partition coefficient (Wildman–Crippen LogP) is 3.63. The summed E-state index contributed by atoms with van der Waals surface area (Å²) >= 11 is 5.82. The lowest BCUT2D eigenvalue weighted by atomic mass is 9.89. The molecule has 0 aromatic heterocycles. The Labute approximate surface area is 158 Å². The molecule has 1 aliphatic rings. The van der Waals surface area contributed by atoms with Crippen molar-refractivity contribution in [2.75, 3.05) is 20.2 Å². The standard InChI is InChI=1S/C19H20ClNO4S/c1-25-17-6-2-14(3-7-17)19(22)15-10-12-21(13-11-15)26(23,24)18-8-4-16(20)5-9-18/h2-9,15H,10-13H2,1H3. The van der Waals surface area contributed by atoms with Gasteiger partial charge in [0.1, 0.15) is 5.75 Å². The van der Waals surface area contributed by atoms with Crippen LogP contribution in [-0.4, -0.2) is 38.7 Å². The molecular formula is C19H20ClNO4S. The number of rotatable bonds is 5. The van der Waals surface area contributed by atoms with Crippen molar-refractivity contribution in [3.8, 4) is 5.75 Å². The largest absolute Gasteiger partial charge is 0.497 e. The van der Waals surface area contributed by atoms with Gasteiger partial charge in [-0.05, 0) is 61.4 Å². The van der Waals surface area contributed by atoms with Gasteiger partial charge in [0.2, 0.25) is 10.0 Å². The van der Waals surface area contributed by atoms with Crippen LogP contribution in [0.2, 0.25) is 5.02 Å². The average Bonchev–Trinajstić information content (AvgIpc) is 2.68. The number of carbonyl (C=O) groups excluding carboxylic acids is 1. The van der Waals surface area contributed by atoms with E-state index >= 15 is 0 Å². The molecule has 2 aromatic rings. The Balaban J connectivity index is 1.66. The van der Waals surface area contributed by atoms with Gasteiger partial charge in [-0.1, -0.05) is 11.6 Å². The highest BCUT2D eigenvalue weighted by atomic mass is 35.5. The van der Waals surface area contributed by atoms with Gasteiger partial charge in [0.25, 0.3) is 0 Å². The fourth-order valence-electron chi connectivity index (χ4n) is 3.10. The molecule has 138 valence electrons. The molecule has 7 heteroatoms. The second-order valence-electron chi connectivity index (χ2n) is 6.23. The van der Waals surface area contributed by atoms with Crippen LogP contribution in [0.5, 0.6) is 5.75 Å². The number of ether oxygens (including phenoxy) is 1. The fraction of sp³-hybridized carbons (Fsp3) is 0.316. The molecule has 0 atom stereocenters. The third kappa shape index (κ3) is 3.92. The predicted molar refractivity (Wildman–Crippen MR) is 100 cm³/mol. The van der Waals surface area contributed by atoms with Crippen LogP contribution in [0.3, 0.4) is 0 Å². The van der Waals surface area contributed by atoms with E-state index in [1.165, 1.54) is 16.4 Å². The summed E-state index contributed by atoms with van der Waals surface area (Å²) < 4.78 is 31.9. The van der Waals surface area contributed by atoms with Crippen molar-refractivity contribution in [1.29, 1.82) is 0 Å². The molecule has 3 rings (SSSR count). The number of benzene rings is 2. The van der Waals surface area contributed by atoms with E-state index in [2.05, 4.69) is 0 Å². The maximum absolute atomic E-state index is 12.7. The normalized spacial score (nSPS) is 16.4. The second kappa shape index (κ2) is 7.78. The van der Waals surface area contributed by atoms with Gasteiger partial charge < -0.3 is 4.74 Å². The summed E-state index contributed by atoms with van der Waals surface area (Å²) in [5.41, 5.74) is 0.629. The highest BCUT2D eigenvalue weighted by Crippen LogP contribution is 2.27. The fourth-order valence-corrected chi connectivity index (χ4v) is 4.70. The van der Waals surface area contributed by atoms with E-state index in [9.17, 15) is 13.2 Å². The lowest BCUT2D eigenvalue weighted by Gasteiger charge is -2.30. The number of sulfonamides is 1. The molecule has 0 saturated carbocycles. The molecule has 0 amide bonds. The summed E-state index contributed by atoms with van der Waals surface area (Å²) in [7, 11) is -1.98. The van der Waals surface area contributed by atoms with Crippen molar-refractivity contribution in [2.45, 2.75) is 17.7 Å². The summed E-state index contributed by atoms with van der Waals surface area (Å²) in [6, 6.07) is 13.2. The quantitative estimate of drug-likeness (QED) is 0.727. The lowest BCUT2D eigenvalue weighted by molar-refractivity contribution is 0.0875. The summed E-state index contributed by atoms with van der Waals surface area (Å²) in [6.07, 6.45) is 1.02. The maximum Gasteiger partial charge on any atom is 0.243 e. The molecule has 0 unspecified atom stereocenters. The Morgan fingerprint density at radius 2 is 1.62 bits per heavy atom. The van der Waals surface area contributed by atoms with Gasteiger partial charge in [0, 0.05) is 29.6 Å². The van der Waals surface area contributed by atoms with Crippen molar-refractivity contribution < 1.29 is 17.9 Å². The third-order valence-electron chi connectivity index (χ3n) is 4.65. The van der Waals surface area contributed by atoms with E-state index < -0.39 is 10.0 Å². The van der Waals surface area contributed by atoms with Crippen molar-refractivity contribution in [3.05, 3.63) is 59.1 Å². The Hall–Kier alpha value is -1.89. The first-order valence-corrected chi connectivity index (χ1v) is 10.2. The number of methoxy groups -OCH3 is 1. The molecule has 0 N–H and O–H groups in total. The van der Waals surface area contributed by atoms with Crippen LogP contribution in [-0.2, 0) is 10.0 Å². The molecule has 0 spiro atoms. The minimum Gasteiger partial charge on any atom is -0.497 e. The van der Waals surface area contributed by atoms with Crippen molar-refractivity contribution in [1.82, 2.24) is 4.31 Å². The van der Waals surface area contributed by atoms with Gasteiger partial charge in [0.05, 0.1) is 12.0 Å². The molecule has 1 heterocycles. The third-order valence-corrected chi connectivity index (χ3v) is 6.82. The summed E-state index contributed by atoms with van der Waals surface area (Å²) in [4.78, 5) is 12.9. The number of hydrogen-bond donors (Lipinski definition) is 0. The van der Waals surface area contributed by atoms with Crippen LogP contribution in [0.15, 0.2) is 53.4 Å². The minimum atomic E-state index is -3.55. The summed E-state index contributed by atoms with van der Waals surface area (Å²) in [5, 5.41) is 0.493. The number of piperidine rings is 1. The van der Waals surface area contributed by atoms with Crippen molar-refractivity contribution in [2.24, 2.45) is 5.92 Å². The zero-order chi connectivity index (χ0) is 18.7. The first-order valence-electron chi connectivity index (χ1n) is 8.36. The Morgan fingerprint density at radius 1 is 1.04 bits per heavy atom. The first-order chi connectivity index (χ1) is 12.4. The number of ketones is 1. The highest BCUT2D eigenvalue weighted by Gasteiger charge is 2.32. The highest BCUT2D eigenvalue weighted by molar-refractivity contribution is 7.89. The first kappa shape index (κ1) is 18.9. The molecule has 1 aliphatic heterocycles. The average molecular weight is 394 g/mol. The number of carbonyl (C=O) groups is 1. The lowest BCUT2D eigenvalue weighted by Crippen LogP contribution is -2.40. The zero-order valence-corrected chi connectivity index (χ0v) is 16.0. The van der Waals surface area contributed by atoms with E-state index in [0.717, 1.165) is 0 Å². The molecular weight excluding hydrogens is 374 g/mol. The van der Waals surface area contributed by atoms with Gasteiger partial charge in [-0.15, -0.1) is 0 Å². The number of hydrogen-bond acceptors (Lipinski definition) is 4. The number of nitrogens with zero attached hydrogens (tertiary/aromatic N) is 1. The Kier molecular flexibility index (Phi) is 5.65. The molecule has 0 aliphatic carbocycles. The van der Waals surface area contributed by atoms with Crippen molar-refractivity contribution >= 4 is 27.4 Å². The number of halogens is 1. The van der Waals surface area contributed by atoms with E-state index in [4.69, 9.17) is 16.3 Å². The van der Waals surface area contributed by atoms with Crippen LogP contribution < -0.4 is 4.74 Å². The summed E-state index contributed by atoms with van der Waals surface area (Å²) in [6.45, 7) is 0.662. The van der Waals surface area contributed by atoms with Crippen LogP contribution in [0.25, 0.3) is 0 Å². The summed E-state index contributed by atoms with van der Waals surface area (Å²) in [5.74, 6) is 0.585. The topological polar surface area (TPSA) is 63.7 Å². The second-order valence-corrected chi connectivity index (χ2v) is 8.60. The van der Waals surface area contributed by atoms with E-state index in [0.29, 0.717) is 42.3 Å². The Bertz CT molecular complexity index is 871. The molecule has 26 heavy (non-hydrogen) atoms. The molecule has 1 fully saturated rings. The SMILES string of the molecule is COc1ccc(C(=O)C2CCN(S(=O)(=O)c3ccc(Cl)cc3)CC2)cc1. The van der Waals surface area contributed by atoms with E-state index in [1.807, 2.05) is 0 Å². The van der Waals surface area contributed by atoms with Crippen LogP contribution in [0.1, 0.15) is 23.2 Å². The smallest absolute Gasteiger partial charge is 0.243 e. The number of Topliss-reactive ketones (excluding diaryl/α,β-unsaturated/α-hetero) is 1. The van der Waals surface area contributed by atoms with Gasteiger partial charge >= 0.3 is 0 Å². The van der Waals surface area contributed by atoms with Crippen LogP contribution in [0.4, 0.5) is 0 Å². The monoisotopic (exact) mass is 393 g/mol. The molecule has 2 aromatic carbocycles.